The van der Waals surface area contributed by atoms with E-state index in [1.807, 2.05) is 20.9 Å². The van der Waals surface area contributed by atoms with Crippen molar-refractivity contribution in [3.05, 3.63) is 11.8 Å². The second-order valence-corrected chi connectivity index (χ2v) is 6.45. The highest BCUT2D eigenvalue weighted by Crippen LogP contribution is 2.11. The Labute approximate surface area is 118 Å². The highest BCUT2D eigenvalue weighted by molar-refractivity contribution is 7.89. The zero-order valence-corrected chi connectivity index (χ0v) is 12.6. The van der Waals surface area contributed by atoms with Crippen LogP contribution in [0.5, 0.6) is 0 Å². The van der Waals surface area contributed by atoms with Gasteiger partial charge in [-0.1, -0.05) is 0 Å². The Morgan fingerprint density at radius 3 is 2.75 bits per heavy atom. The van der Waals surface area contributed by atoms with Crippen LogP contribution in [0.25, 0.3) is 0 Å². The van der Waals surface area contributed by atoms with E-state index in [-0.39, 0.29) is 12.1 Å². The van der Waals surface area contributed by atoms with Crippen molar-refractivity contribution in [2.45, 2.75) is 31.3 Å². The summed E-state index contributed by atoms with van der Waals surface area (Å²) in [7, 11) is -1.92. The SMILES string of the molecule is CC(C)N(C)CCCNS(=O)(=O)c1[nH]ncc1C(=O)O. The van der Waals surface area contributed by atoms with Crippen LogP contribution in [0.1, 0.15) is 30.6 Å². The predicted molar refractivity (Wildman–Crippen MR) is 73.1 cm³/mol. The van der Waals surface area contributed by atoms with Gasteiger partial charge in [0, 0.05) is 12.6 Å². The van der Waals surface area contributed by atoms with E-state index in [2.05, 4.69) is 19.8 Å². The molecule has 0 fully saturated rings. The minimum atomic E-state index is -3.88. The summed E-state index contributed by atoms with van der Waals surface area (Å²) in [6.45, 7) is 5.08. The van der Waals surface area contributed by atoms with Crippen LogP contribution in [0.3, 0.4) is 0 Å². The number of rotatable bonds is 8. The minimum Gasteiger partial charge on any atom is -0.478 e. The second-order valence-electron chi connectivity index (χ2n) is 4.74. The number of sulfonamides is 1. The van der Waals surface area contributed by atoms with Crippen LogP contribution in [0.4, 0.5) is 0 Å². The van der Waals surface area contributed by atoms with Gasteiger partial charge in [-0.05, 0) is 33.9 Å². The van der Waals surface area contributed by atoms with E-state index in [4.69, 9.17) is 5.11 Å². The molecule has 0 aliphatic heterocycles. The van der Waals surface area contributed by atoms with Crippen molar-refractivity contribution in [1.29, 1.82) is 0 Å². The Bertz CT molecular complexity index is 553. The molecule has 0 saturated carbocycles. The molecule has 0 unspecified atom stereocenters. The molecule has 0 aromatic carbocycles. The minimum absolute atomic E-state index is 0.234. The number of carboxylic acid groups (broad SMARTS) is 1. The largest absolute Gasteiger partial charge is 0.478 e. The maximum absolute atomic E-state index is 11.9. The van der Waals surface area contributed by atoms with Crippen LogP contribution < -0.4 is 4.72 Å². The first-order valence-electron chi connectivity index (χ1n) is 6.22. The van der Waals surface area contributed by atoms with Crippen LogP contribution >= 0.6 is 0 Å². The lowest BCUT2D eigenvalue weighted by Crippen LogP contribution is -2.32. The molecule has 20 heavy (non-hydrogen) atoms. The fourth-order valence-corrected chi connectivity index (χ4v) is 2.66. The van der Waals surface area contributed by atoms with Gasteiger partial charge in [-0.2, -0.15) is 5.10 Å². The quantitative estimate of drug-likeness (QED) is 0.587. The second kappa shape index (κ2) is 6.82. The Hall–Kier alpha value is -1.45. The van der Waals surface area contributed by atoms with Crippen molar-refractivity contribution in [3.63, 3.8) is 0 Å². The number of H-pyrrole nitrogens is 1. The first-order valence-corrected chi connectivity index (χ1v) is 7.70. The number of aromatic nitrogens is 2. The molecular weight excluding hydrogens is 284 g/mol. The van der Waals surface area contributed by atoms with E-state index >= 15 is 0 Å². The Morgan fingerprint density at radius 1 is 1.55 bits per heavy atom. The smallest absolute Gasteiger partial charge is 0.340 e. The van der Waals surface area contributed by atoms with Gasteiger partial charge < -0.3 is 10.0 Å². The molecule has 1 heterocycles. The lowest BCUT2D eigenvalue weighted by atomic mass is 10.3. The number of aromatic carboxylic acids is 1. The zero-order chi connectivity index (χ0) is 15.3. The lowest BCUT2D eigenvalue weighted by molar-refractivity contribution is 0.0692. The molecule has 1 rings (SSSR count). The molecule has 9 heteroatoms. The molecule has 1 aromatic heterocycles. The molecule has 8 nitrogen and oxygen atoms in total. The van der Waals surface area contributed by atoms with E-state index in [0.717, 1.165) is 12.7 Å². The summed E-state index contributed by atoms with van der Waals surface area (Å²) in [4.78, 5) is 13.0. The van der Waals surface area contributed by atoms with Gasteiger partial charge in [0.1, 0.15) is 5.56 Å². The number of hydrogen-bond acceptors (Lipinski definition) is 5. The monoisotopic (exact) mass is 304 g/mol. The fourth-order valence-electron chi connectivity index (χ4n) is 1.50. The number of aromatic amines is 1. The molecule has 0 spiro atoms. The molecule has 0 radical (unpaired) electrons. The number of nitrogens with one attached hydrogen (secondary N) is 2. The van der Waals surface area contributed by atoms with Crippen molar-refractivity contribution in [1.82, 2.24) is 19.8 Å². The van der Waals surface area contributed by atoms with Crippen LogP contribution in [0.2, 0.25) is 0 Å². The molecule has 1 aromatic rings. The summed E-state index contributed by atoms with van der Waals surface area (Å²) < 4.78 is 26.2. The average molecular weight is 304 g/mol. The van der Waals surface area contributed by atoms with Gasteiger partial charge >= 0.3 is 5.97 Å². The number of carboxylic acids is 1. The fraction of sp³-hybridized carbons (Fsp3) is 0.636. The highest BCUT2D eigenvalue weighted by atomic mass is 32.2. The molecule has 0 amide bonds. The molecule has 3 N–H and O–H groups in total. The third-order valence-corrected chi connectivity index (χ3v) is 4.40. The van der Waals surface area contributed by atoms with Crippen molar-refractivity contribution in [3.8, 4) is 0 Å². The standard InChI is InChI=1S/C11H20N4O4S/c1-8(2)15(3)6-4-5-13-20(18,19)10-9(11(16)17)7-12-14-10/h7-8,13H,4-6H2,1-3H3,(H,12,14)(H,16,17). The van der Waals surface area contributed by atoms with Crippen LogP contribution in [0, 0.1) is 0 Å². The number of carbonyl (C=O) groups is 1. The van der Waals surface area contributed by atoms with Crippen molar-refractivity contribution in [2.75, 3.05) is 20.1 Å². The maximum atomic E-state index is 11.9. The predicted octanol–water partition coefficient (Wildman–Crippen LogP) is 0.117. The highest BCUT2D eigenvalue weighted by Gasteiger charge is 2.24. The molecule has 0 bridgehead atoms. The molecule has 0 aliphatic carbocycles. The number of hydrogen-bond donors (Lipinski definition) is 3. The van der Waals surface area contributed by atoms with Crippen molar-refractivity contribution in [2.24, 2.45) is 0 Å². The summed E-state index contributed by atoms with van der Waals surface area (Å²) in [6.07, 6.45) is 1.61. The van der Waals surface area contributed by atoms with E-state index in [1.165, 1.54) is 0 Å². The van der Waals surface area contributed by atoms with E-state index in [1.54, 1.807) is 0 Å². The Kier molecular flexibility index (Phi) is 5.66. The van der Waals surface area contributed by atoms with Crippen LogP contribution in [-0.2, 0) is 10.0 Å². The average Bonchev–Trinajstić information content (AvgIpc) is 2.84. The molecule has 0 saturated heterocycles. The maximum Gasteiger partial charge on any atom is 0.340 e. The van der Waals surface area contributed by atoms with Crippen molar-refractivity contribution < 1.29 is 18.3 Å². The zero-order valence-electron chi connectivity index (χ0n) is 11.8. The summed E-state index contributed by atoms with van der Waals surface area (Å²) in [5.74, 6) is -1.33. The molecule has 114 valence electrons. The van der Waals surface area contributed by atoms with Gasteiger partial charge in [0.25, 0.3) is 10.0 Å². The summed E-state index contributed by atoms with van der Waals surface area (Å²) in [5.41, 5.74) is -0.364. The van der Waals surface area contributed by atoms with Gasteiger partial charge in [0.05, 0.1) is 6.20 Å². The van der Waals surface area contributed by atoms with E-state index < -0.39 is 21.0 Å². The van der Waals surface area contributed by atoms with Gasteiger partial charge in [-0.15, -0.1) is 0 Å². The van der Waals surface area contributed by atoms with Gasteiger partial charge in [0.2, 0.25) is 0 Å². The Balaban J connectivity index is 2.58. The first-order chi connectivity index (χ1) is 9.25. The van der Waals surface area contributed by atoms with Crippen molar-refractivity contribution >= 4 is 16.0 Å². The molecular formula is C11H20N4O4S. The number of nitrogens with zero attached hydrogens (tertiary/aromatic N) is 2. The van der Waals surface area contributed by atoms with Gasteiger partial charge in [0.15, 0.2) is 5.03 Å². The first kappa shape index (κ1) is 16.6. The van der Waals surface area contributed by atoms with E-state index in [9.17, 15) is 13.2 Å². The summed E-state index contributed by atoms with van der Waals surface area (Å²) in [5, 5.41) is 14.1. The summed E-state index contributed by atoms with van der Waals surface area (Å²) >= 11 is 0. The lowest BCUT2D eigenvalue weighted by Gasteiger charge is -2.20. The van der Waals surface area contributed by atoms with Gasteiger partial charge in [-0.3, -0.25) is 5.10 Å². The molecule has 0 atom stereocenters. The Morgan fingerprint density at radius 2 is 2.20 bits per heavy atom. The van der Waals surface area contributed by atoms with E-state index in [0.29, 0.717) is 12.5 Å². The molecule has 0 aliphatic rings. The third-order valence-electron chi connectivity index (χ3n) is 2.96. The van der Waals surface area contributed by atoms with Gasteiger partial charge in [-0.25, -0.2) is 17.9 Å². The third kappa shape index (κ3) is 4.29. The normalized spacial score (nSPS) is 12.2. The topological polar surface area (TPSA) is 115 Å². The summed E-state index contributed by atoms with van der Waals surface area (Å²) in [6, 6.07) is 0.387. The van der Waals surface area contributed by atoms with Crippen LogP contribution in [-0.4, -0.2) is 60.8 Å². The van der Waals surface area contributed by atoms with Crippen LogP contribution in [0.15, 0.2) is 11.2 Å².